The number of sulfonamides is 1. The fourth-order valence-electron chi connectivity index (χ4n) is 1.98. The van der Waals surface area contributed by atoms with E-state index >= 15 is 0 Å². The van der Waals surface area contributed by atoms with Crippen molar-refractivity contribution in [3.8, 4) is 0 Å². The Balaban J connectivity index is 2.83. The molecule has 5 heteroatoms. The molecule has 1 fully saturated rings. The highest BCUT2D eigenvalue weighted by Gasteiger charge is 2.32. The molecule has 1 N–H and O–H groups in total. The Labute approximate surface area is 86.7 Å². The van der Waals surface area contributed by atoms with Crippen LogP contribution in [0.4, 0.5) is 0 Å². The van der Waals surface area contributed by atoms with Crippen molar-refractivity contribution in [3.05, 3.63) is 0 Å². The molecule has 1 unspecified atom stereocenters. The monoisotopic (exact) mass is 220 g/mol. The molecule has 0 aromatic heterocycles. The van der Waals surface area contributed by atoms with Crippen LogP contribution in [-0.2, 0) is 10.0 Å². The molecular weight excluding hydrogens is 200 g/mol. The Morgan fingerprint density at radius 3 is 2.50 bits per heavy atom. The van der Waals surface area contributed by atoms with Gasteiger partial charge in [0.25, 0.3) is 0 Å². The Morgan fingerprint density at radius 1 is 1.50 bits per heavy atom. The summed E-state index contributed by atoms with van der Waals surface area (Å²) in [6, 6.07) is 0.213. The second-order valence-electron chi connectivity index (χ2n) is 3.97. The number of hydrogen-bond acceptors (Lipinski definition) is 3. The lowest BCUT2D eigenvalue weighted by molar-refractivity contribution is 0.287. The molecule has 0 aromatic carbocycles. The maximum Gasteiger partial charge on any atom is 0.214 e. The summed E-state index contributed by atoms with van der Waals surface area (Å²) >= 11 is 0. The van der Waals surface area contributed by atoms with Gasteiger partial charge >= 0.3 is 0 Å². The van der Waals surface area contributed by atoms with Gasteiger partial charge < -0.3 is 5.32 Å². The van der Waals surface area contributed by atoms with Crippen molar-refractivity contribution < 1.29 is 8.42 Å². The van der Waals surface area contributed by atoms with Crippen molar-refractivity contribution in [2.24, 2.45) is 0 Å². The molecule has 0 radical (unpaired) electrons. The van der Waals surface area contributed by atoms with Crippen LogP contribution in [0.25, 0.3) is 0 Å². The van der Waals surface area contributed by atoms with Crippen LogP contribution in [0.15, 0.2) is 0 Å². The molecule has 1 rings (SSSR count). The number of nitrogens with zero attached hydrogens (tertiary/aromatic N) is 1. The smallest absolute Gasteiger partial charge is 0.214 e. The Bertz CT molecular complexity index is 269. The van der Waals surface area contributed by atoms with E-state index in [0.29, 0.717) is 0 Å². The van der Waals surface area contributed by atoms with E-state index in [1.165, 1.54) is 0 Å². The van der Waals surface area contributed by atoms with Crippen LogP contribution >= 0.6 is 0 Å². The predicted molar refractivity (Wildman–Crippen MR) is 57.7 cm³/mol. The predicted octanol–water partition coefficient (Wildman–Crippen LogP) is 0.408. The number of hydrogen-bond donors (Lipinski definition) is 1. The van der Waals surface area contributed by atoms with Crippen molar-refractivity contribution in [1.82, 2.24) is 9.62 Å². The normalized spacial score (nSPS) is 23.6. The van der Waals surface area contributed by atoms with Gasteiger partial charge in [0.05, 0.1) is 5.75 Å². The minimum absolute atomic E-state index is 0.0600. The van der Waals surface area contributed by atoms with Gasteiger partial charge in [0.1, 0.15) is 0 Å². The second kappa shape index (κ2) is 4.59. The van der Waals surface area contributed by atoms with Crippen LogP contribution in [0.1, 0.15) is 27.2 Å². The van der Waals surface area contributed by atoms with Gasteiger partial charge in [-0.25, -0.2) is 8.42 Å². The van der Waals surface area contributed by atoms with E-state index in [2.05, 4.69) is 5.32 Å². The average molecular weight is 220 g/mol. The fraction of sp³-hybridized carbons (Fsp3) is 1.00. The SMILES string of the molecule is CCS(=O)(=O)N(C(C)C)C1CCNC1. The fourth-order valence-corrected chi connectivity index (χ4v) is 3.55. The first-order valence-electron chi connectivity index (χ1n) is 5.21. The molecule has 14 heavy (non-hydrogen) atoms. The zero-order valence-electron chi connectivity index (χ0n) is 9.16. The first kappa shape index (κ1) is 11.9. The van der Waals surface area contributed by atoms with Crippen LogP contribution in [0, 0.1) is 0 Å². The summed E-state index contributed by atoms with van der Waals surface area (Å²) in [6.45, 7) is 7.29. The van der Waals surface area contributed by atoms with E-state index in [1.807, 2.05) is 13.8 Å². The molecule has 0 aliphatic carbocycles. The van der Waals surface area contributed by atoms with E-state index < -0.39 is 10.0 Å². The molecule has 1 aliphatic rings. The van der Waals surface area contributed by atoms with Gasteiger partial charge in [0.2, 0.25) is 10.0 Å². The maximum atomic E-state index is 11.8. The minimum Gasteiger partial charge on any atom is -0.315 e. The van der Waals surface area contributed by atoms with Crippen molar-refractivity contribution >= 4 is 10.0 Å². The average Bonchev–Trinajstić information content (AvgIpc) is 2.56. The second-order valence-corrected chi connectivity index (χ2v) is 6.13. The van der Waals surface area contributed by atoms with Gasteiger partial charge in [0, 0.05) is 18.6 Å². The van der Waals surface area contributed by atoms with Crippen LogP contribution in [0.5, 0.6) is 0 Å². The van der Waals surface area contributed by atoms with Gasteiger partial charge in [-0.3, -0.25) is 0 Å². The lowest BCUT2D eigenvalue weighted by Gasteiger charge is -2.30. The van der Waals surface area contributed by atoms with Gasteiger partial charge in [-0.15, -0.1) is 0 Å². The van der Waals surface area contributed by atoms with Crippen LogP contribution in [-0.4, -0.2) is 43.6 Å². The Kier molecular flexibility index (Phi) is 3.92. The molecule has 0 amide bonds. The first-order chi connectivity index (χ1) is 6.49. The van der Waals surface area contributed by atoms with E-state index in [-0.39, 0.29) is 17.8 Å². The summed E-state index contributed by atoms with van der Waals surface area (Å²) in [7, 11) is -3.05. The summed E-state index contributed by atoms with van der Waals surface area (Å²) in [5, 5.41) is 3.20. The van der Waals surface area contributed by atoms with Gasteiger partial charge in [0.15, 0.2) is 0 Å². The van der Waals surface area contributed by atoms with Crippen molar-refractivity contribution in [3.63, 3.8) is 0 Å². The van der Waals surface area contributed by atoms with E-state index in [4.69, 9.17) is 0 Å². The topological polar surface area (TPSA) is 49.4 Å². The molecule has 1 saturated heterocycles. The number of nitrogens with one attached hydrogen (secondary N) is 1. The molecule has 4 nitrogen and oxygen atoms in total. The molecule has 1 aliphatic heterocycles. The highest BCUT2D eigenvalue weighted by atomic mass is 32.2. The summed E-state index contributed by atoms with van der Waals surface area (Å²) in [5.74, 6) is 0.196. The zero-order valence-corrected chi connectivity index (χ0v) is 9.97. The van der Waals surface area contributed by atoms with Crippen molar-refractivity contribution in [1.29, 1.82) is 0 Å². The van der Waals surface area contributed by atoms with Crippen LogP contribution in [0.2, 0.25) is 0 Å². The molecule has 1 atom stereocenters. The molecule has 84 valence electrons. The Hall–Kier alpha value is -0.130. The summed E-state index contributed by atoms with van der Waals surface area (Å²) < 4.78 is 25.3. The van der Waals surface area contributed by atoms with Gasteiger partial charge in [-0.1, -0.05) is 0 Å². The molecular formula is C9H20N2O2S. The summed E-state index contributed by atoms with van der Waals surface area (Å²) in [6.07, 6.45) is 0.928. The Morgan fingerprint density at radius 2 is 2.14 bits per heavy atom. The highest BCUT2D eigenvalue weighted by Crippen LogP contribution is 2.17. The van der Waals surface area contributed by atoms with Crippen LogP contribution in [0.3, 0.4) is 0 Å². The standard InChI is InChI=1S/C9H20N2O2S/c1-4-14(12,13)11(8(2)3)9-5-6-10-7-9/h8-10H,4-7H2,1-3H3. The first-order valence-corrected chi connectivity index (χ1v) is 6.82. The maximum absolute atomic E-state index is 11.8. The van der Waals surface area contributed by atoms with E-state index in [0.717, 1.165) is 19.5 Å². The molecule has 0 saturated carbocycles. The minimum atomic E-state index is -3.05. The van der Waals surface area contributed by atoms with Gasteiger partial charge in [-0.05, 0) is 33.7 Å². The third-order valence-electron chi connectivity index (χ3n) is 2.59. The van der Waals surface area contributed by atoms with E-state index in [9.17, 15) is 8.42 Å². The molecule has 0 spiro atoms. The lowest BCUT2D eigenvalue weighted by Crippen LogP contribution is -2.46. The lowest BCUT2D eigenvalue weighted by atomic mass is 10.2. The van der Waals surface area contributed by atoms with Crippen molar-refractivity contribution in [2.75, 3.05) is 18.8 Å². The quantitative estimate of drug-likeness (QED) is 0.746. The zero-order chi connectivity index (χ0) is 10.8. The van der Waals surface area contributed by atoms with Crippen LogP contribution < -0.4 is 5.32 Å². The molecule has 0 bridgehead atoms. The number of rotatable bonds is 4. The third-order valence-corrected chi connectivity index (χ3v) is 4.68. The van der Waals surface area contributed by atoms with E-state index in [1.54, 1.807) is 11.2 Å². The van der Waals surface area contributed by atoms with Crippen molar-refractivity contribution in [2.45, 2.75) is 39.3 Å². The summed E-state index contributed by atoms with van der Waals surface area (Å²) in [5.41, 5.74) is 0. The molecule has 0 aromatic rings. The third kappa shape index (κ3) is 2.46. The summed E-state index contributed by atoms with van der Waals surface area (Å²) in [4.78, 5) is 0. The largest absolute Gasteiger partial charge is 0.315 e. The van der Waals surface area contributed by atoms with Gasteiger partial charge in [-0.2, -0.15) is 4.31 Å². The molecule has 1 heterocycles. The highest BCUT2D eigenvalue weighted by molar-refractivity contribution is 7.89.